The van der Waals surface area contributed by atoms with Crippen molar-refractivity contribution in [2.24, 2.45) is 5.92 Å². The first-order valence-corrected chi connectivity index (χ1v) is 11.8. The molecule has 2 atom stereocenters. The van der Waals surface area contributed by atoms with E-state index in [9.17, 15) is 9.18 Å². The van der Waals surface area contributed by atoms with Gasteiger partial charge in [0.2, 0.25) is 5.91 Å². The summed E-state index contributed by atoms with van der Waals surface area (Å²) in [7, 11) is 0. The maximum Gasteiger partial charge on any atom is 0.224 e. The van der Waals surface area contributed by atoms with E-state index in [1.807, 2.05) is 61.5 Å². The Labute approximate surface area is 200 Å². The van der Waals surface area contributed by atoms with Crippen molar-refractivity contribution in [3.8, 4) is 0 Å². The summed E-state index contributed by atoms with van der Waals surface area (Å²) in [6.07, 6.45) is 0.740. The number of carbonyl (C=O) groups is 1. The number of nitrogens with zero attached hydrogens (tertiary/aromatic N) is 1. The van der Waals surface area contributed by atoms with E-state index in [1.165, 1.54) is 11.6 Å². The second kappa shape index (κ2) is 10.5. The molecule has 0 aliphatic carbocycles. The van der Waals surface area contributed by atoms with Gasteiger partial charge in [-0.15, -0.1) is 0 Å². The van der Waals surface area contributed by atoms with Gasteiger partial charge in [0.05, 0.1) is 5.92 Å². The lowest BCUT2D eigenvalue weighted by atomic mass is 9.83. The Morgan fingerprint density at radius 3 is 2.64 bits per heavy atom. The van der Waals surface area contributed by atoms with Crippen molar-refractivity contribution in [2.75, 3.05) is 13.1 Å². The van der Waals surface area contributed by atoms with Gasteiger partial charge in [-0.1, -0.05) is 71.8 Å². The van der Waals surface area contributed by atoms with Crippen molar-refractivity contribution < 1.29 is 9.18 Å². The van der Waals surface area contributed by atoms with Gasteiger partial charge in [0.15, 0.2) is 0 Å². The molecule has 0 spiro atoms. The van der Waals surface area contributed by atoms with Crippen molar-refractivity contribution in [1.29, 1.82) is 0 Å². The van der Waals surface area contributed by atoms with E-state index in [2.05, 4.69) is 16.3 Å². The summed E-state index contributed by atoms with van der Waals surface area (Å²) in [5.41, 5.74) is 5.04. The molecule has 1 aliphatic heterocycles. The van der Waals surface area contributed by atoms with Crippen LogP contribution in [0, 0.1) is 25.6 Å². The van der Waals surface area contributed by atoms with Crippen LogP contribution in [0.15, 0.2) is 66.7 Å². The molecule has 1 heterocycles. The van der Waals surface area contributed by atoms with Crippen molar-refractivity contribution in [3.05, 3.63) is 105 Å². The van der Waals surface area contributed by atoms with Gasteiger partial charge in [0.1, 0.15) is 5.82 Å². The third kappa shape index (κ3) is 6.01. The van der Waals surface area contributed by atoms with Crippen LogP contribution < -0.4 is 5.32 Å². The Hall–Kier alpha value is -2.69. The van der Waals surface area contributed by atoms with Crippen molar-refractivity contribution in [1.82, 2.24) is 10.2 Å². The molecule has 3 aromatic rings. The molecule has 0 unspecified atom stereocenters. The van der Waals surface area contributed by atoms with E-state index in [4.69, 9.17) is 11.6 Å². The van der Waals surface area contributed by atoms with Crippen molar-refractivity contribution in [3.63, 3.8) is 0 Å². The number of hydrogen-bond acceptors (Lipinski definition) is 2. The summed E-state index contributed by atoms with van der Waals surface area (Å²) < 4.78 is 13.9. The minimum Gasteiger partial charge on any atom is -0.352 e. The largest absolute Gasteiger partial charge is 0.352 e. The number of halogens is 2. The number of likely N-dealkylation sites (tertiary alicyclic amines) is 1. The van der Waals surface area contributed by atoms with Crippen LogP contribution in [0.2, 0.25) is 5.02 Å². The zero-order valence-corrected chi connectivity index (χ0v) is 19.9. The fourth-order valence-electron chi connectivity index (χ4n) is 4.70. The van der Waals surface area contributed by atoms with Gasteiger partial charge in [0.25, 0.3) is 0 Å². The van der Waals surface area contributed by atoms with E-state index < -0.39 is 0 Å². The lowest BCUT2D eigenvalue weighted by molar-refractivity contribution is -0.127. The standard InChI is InChI=1S/C28H30ClFN2O/c1-19-6-5-7-21(12-19)15-31-28(33)25-14-24(22-10-11-27(30)20(2)13-22)17-32(18-25)16-23-8-3-4-9-26(23)29/h3-13,24-25H,14-18H2,1-2H3,(H,31,33)/t24-,25-/m0/s1. The first kappa shape index (κ1) is 23.5. The molecule has 4 rings (SSSR count). The topological polar surface area (TPSA) is 32.3 Å². The van der Waals surface area contributed by atoms with Crippen LogP contribution in [-0.4, -0.2) is 23.9 Å². The number of amides is 1. The van der Waals surface area contributed by atoms with E-state index in [0.29, 0.717) is 25.2 Å². The highest BCUT2D eigenvalue weighted by molar-refractivity contribution is 6.31. The number of benzene rings is 3. The van der Waals surface area contributed by atoms with Gasteiger partial charge in [0, 0.05) is 31.2 Å². The fraction of sp³-hybridized carbons (Fsp3) is 0.321. The summed E-state index contributed by atoms with van der Waals surface area (Å²) in [4.78, 5) is 15.5. The maximum atomic E-state index is 13.9. The van der Waals surface area contributed by atoms with Crippen molar-refractivity contribution >= 4 is 17.5 Å². The Morgan fingerprint density at radius 1 is 1.06 bits per heavy atom. The quantitative estimate of drug-likeness (QED) is 0.484. The monoisotopic (exact) mass is 464 g/mol. The van der Waals surface area contributed by atoms with E-state index >= 15 is 0 Å². The van der Waals surface area contributed by atoms with Crippen LogP contribution in [0.4, 0.5) is 4.39 Å². The Kier molecular flexibility index (Phi) is 7.46. The smallest absolute Gasteiger partial charge is 0.224 e. The zero-order chi connectivity index (χ0) is 23.4. The molecule has 0 aromatic heterocycles. The zero-order valence-electron chi connectivity index (χ0n) is 19.2. The number of nitrogens with one attached hydrogen (secondary N) is 1. The molecule has 5 heteroatoms. The van der Waals surface area contributed by atoms with Gasteiger partial charge < -0.3 is 5.32 Å². The predicted octanol–water partition coefficient (Wildman–Crippen LogP) is 6.02. The average Bonchev–Trinajstić information content (AvgIpc) is 2.80. The fourth-order valence-corrected chi connectivity index (χ4v) is 4.89. The Bertz CT molecular complexity index is 1130. The number of rotatable bonds is 6. The normalized spacial score (nSPS) is 18.8. The minimum atomic E-state index is -0.199. The molecule has 172 valence electrons. The first-order chi connectivity index (χ1) is 15.9. The van der Waals surface area contributed by atoms with Gasteiger partial charge in [-0.3, -0.25) is 9.69 Å². The number of hydrogen-bond donors (Lipinski definition) is 1. The van der Waals surface area contributed by atoms with Gasteiger partial charge in [-0.2, -0.15) is 0 Å². The lowest BCUT2D eigenvalue weighted by Crippen LogP contribution is -2.45. The predicted molar refractivity (Wildman–Crippen MR) is 132 cm³/mol. The second-order valence-corrected chi connectivity index (χ2v) is 9.54. The molecule has 1 aliphatic rings. The maximum absolute atomic E-state index is 13.9. The number of piperidine rings is 1. The van der Waals surface area contributed by atoms with Crippen LogP contribution in [0.25, 0.3) is 0 Å². The summed E-state index contributed by atoms with van der Waals surface area (Å²) in [5, 5.41) is 3.87. The van der Waals surface area contributed by atoms with Crippen LogP contribution in [0.5, 0.6) is 0 Å². The third-order valence-corrected chi connectivity index (χ3v) is 6.82. The molecule has 0 saturated carbocycles. The molecule has 0 radical (unpaired) electrons. The molecular weight excluding hydrogens is 435 g/mol. The highest BCUT2D eigenvalue weighted by Crippen LogP contribution is 2.33. The molecule has 1 saturated heterocycles. The minimum absolute atomic E-state index is 0.0594. The molecular formula is C28H30ClFN2O. The molecule has 1 N–H and O–H groups in total. The molecule has 1 fully saturated rings. The highest BCUT2D eigenvalue weighted by Gasteiger charge is 2.32. The van der Waals surface area contributed by atoms with Crippen LogP contribution in [0.1, 0.15) is 40.2 Å². The van der Waals surface area contributed by atoms with E-state index in [1.54, 1.807) is 6.92 Å². The number of carbonyl (C=O) groups excluding carboxylic acids is 1. The molecule has 33 heavy (non-hydrogen) atoms. The van der Waals surface area contributed by atoms with E-state index in [0.717, 1.165) is 34.7 Å². The Morgan fingerprint density at radius 2 is 1.88 bits per heavy atom. The van der Waals surface area contributed by atoms with Gasteiger partial charge in [-0.05, 0) is 60.6 Å². The molecule has 3 aromatic carbocycles. The summed E-state index contributed by atoms with van der Waals surface area (Å²) in [5.74, 6) is -0.143. The lowest BCUT2D eigenvalue weighted by Gasteiger charge is -2.37. The Balaban J connectivity index is 1.52. The molecule has 1 amide bonds. The van der Waals surface area contributed by atoms with Crippen molar-refractivity contribution in [2.45, 2.75) is 39.3 Å². The highest BCUT2D eigenvalue weighted by atomic mass is 35.5. The average molecular weight is 465 g/mol. The van der Waals surface area contributed by atoms with Gasteiger partial charge in [-0.25, -0.2) is 4.39 Å². The number of aryl methyl sites for hydroxylation is 2. The van der Waals surface area contributed by atoms with E-state index in [-0.39, 0.29) is 23.6 Å². The van der Waals surface area contributed by atoms with Gasteiger partial charge >= 0.3 is 0 Å². The SMILES string of the molecule is Cc1cccc(CNC(=O)[C@H]2C[C@H](c3ccc(F)c(C)c3)CN(Cc3ccccc3Cl)C2)c1. The summed E-state index contributed by atoms with van der Waals surface area (Å²) in [6.45, 7) is 6.50. The van der Waals surface area contributed by atoms with Crippen LogP contribution in [-0.2, 0) is 17.9 Å². The molecule has 3 nitrogen and oxygen atoms in total. The third-order valence-electron chi connectivity index (χ3n) is 6.45. The van der Waals surface area contributed by atoms with Crippen LogP contribution >= 0.6 is 11.6 Å². The summed E-state index contributed by atoms with van der Waals surface area (Å²) in [6, 6.07) is 21.3. The summed E-state index contributed by atoms with van der Waals surface area (Å²) >= 11 is 6.42. The second-order valence-electron chi connectivity index (χ2n) is 9.13. The first-order valence-electron chi connectivity index (χ1n) is 11.4. The molecule has 0 bridgehead atoms. The van der Waals surface area contributed by atoms with Crippen LogP contribution in [0.3, 0.4) is 0 Å².